The standard InChI is InChI=1S/C26H42N6O4.ClH/c1-26(2,3)21-8-6-20(7-9-21)23-30-24(32-25(31-23)29-19-22-5-4-12-36-22)28-11-14-34-16-18-35-17-15-33-13-10-27;/h6-9,22H,4-5,10-19,27H2,1-3H3,(H2,28,29,30,31,32);1H. The van der Waals surface area contributed by atoms with E-state index in [0.717, 1.165) is 25.0 Å². The molecule has 1 aliphatic rings. The summed E-state index contributed by atoms with van der Waals surface area (Å²) in [6, 6.07) is 8.39. The minimum atomic E-state index is 0. The fourth-order valence-electron chi connectivity index (χ4n) is 3.65. The average Bonchev–Trinajstić information content (AvgIpc) is 3.39. The van der Waals surface area contributed by atoms with Crippen LogP contribution in [0.1, 0.15) is 39.2 Å². The van der Waals surface area contributed by atoms with E-state index in [4.69, 9.17) is 24.7 Å². The number of benzene rings is 1. The topological polar surface area (TPSA) is 126 Å². The number of aromatic nitrogens is 3. The van der Waals surface area contributed by atoms with Gasteiger partial charge in [0.1, 0.15) is 0 Å². The number of hydrogen-bond donors (Lipinski definition) is 3. The lowest BCUT2D eigenvalue weighted by Crippen LogP contribution is -2.21. The third kappa shape index (κ3) is 11.5. The molecule has 1 saturated heterocycles. The van der Waals surface area contributed by atoms with Gasteiger partial charge in [-0.2, -0.15) is 15.0 Å². The van der Waals surface area contributed by atoms with Crippen LogP contribution in [0.4, 0.5) is 11.9 Å². The molecule has 10 nitrogen and oxygen atoms in total. The van der Waals surface area contributed by atoms with Crippen LogP contribution in [-0.4, -0.2) is 86.9 Å². The van der Waals surface area contributed by atoms with Gasteiger partial charge in [0.15, 0.2) is 5.82 Å². The molecular formula is C26H43ClN6O4. The third-order valence-corrected chi connectivity index (χ3v) is 5.69. The maximum Gasteiger partial charge on any atom is 0.228 e. The van der Waals surface area contributed by atoms with Crippen LogP contribution in [0.3, 0.4) is 0 Å². The number of nitrogens with zero attached hydrogens (tertiary/aromatic N) is 3. The Hall–Kier alpha value is -2.08. The SMILES string of the molecule is CC(C)(C)c1ccc(-c2nc(NCCOCCOCCOCCN)nc(NCC3CCCO3)n2)cc1.Cl. The van der Waals surface area contributed by atoms with Crippen molar-refractivity contribution in [3.63, 3.8) is 0 Å². The van der Waals surface area contributed by atoms with Gasteiger partial charge in [0.2, 0.25) is 11.9 Å². The van der Waals surface area contributed by atoms with E-state index in [1.807, 2.05) is 0 Å². The van der Waals surface area contributed by atoms with E-state index in [9.17, 15) is 0 Å². The Balaban J connectivity index is 0.00000481. The molecule has 0 bridgehead atoms. The largest absolute Gasteiger partial charge is 0.378 e. The lowest BCUT2D eigenvalue weighted by molar-refractivity contribution is 0.0179. The summed E-state index contributed by atoms with van der Waals surface area (Å²) in [4.78, 5) is 13.9. The zero-order valence-corrected chi connectivity index (χ0v) is 23.1. The summed E-state index contributed by atoms with van der Waals surface area (Å²) >= 11 is 0. The predicted octanol–water partition coefficient (Wildman–Crippen LogP) is 3.27. The van der Waals surface area contributed by atoms with Gasteiger partial charge in [0, 0.05) is 31.8 Å². The maximum atomic E-state index is 5.72. The Morgan fingerprint density at radius 1 is 0.892 bits per heavy atom. The van der Waals surface area contributed by atoms with Gasteiger partial charge >= 0.3 is 0 Å². The molecule has 37 heavy (non-hydrogen) atoms. The minimum absolute atomic E-state index is 0. The van der Waals surface area contributed by atoms with Crippen molar-refractivity contribution in [1.82, 2.24) is 15.0 Å². The maximum absolute atomic E-state index is 5.72. The molecule has 2 heterocycles. The molecule has 2 aromatic rings. The van der Waals surface area contributed by atoms with Crippen molar-refractivity contribution in [2.24, 2.45) is 5.73 Å². The van der Waals surface area contributed by atoms with Crippen LogP contribution in [0.15, 0.2) is 24.3 Å². The Morgan fingerprint density at radius 2 is 1.51 bits per heavy atom. The molecule has 1 aliphatic heterocycles. The van der Waals surface area contributed by atoms with E-state index in [-0.39, 0.29) is 23.9 Å². The molecule has 0 radical (unpaired) electrons. The van der Waals surface area contributed by atoms with E-state index < -0.39 is 0 Å². The molecule has 208 valence electrons. The molecule has 0 amide bonds. The summed E-state index contributed by atoms with van der Waals surface area (Å²) in [6.07, 6.45) is 2.33. The molecule has 4 N–H and O–H groups in total. The number of nitrogens with two attached hydrogens (primary N) is 1. The summed E-state index contributed by atoms with van der Waals surface area (Å²) in [5, 5.41) is 6.58. The first-order chi connectivity index (χ1) is 17.5. The van der Waals surface area contributed by atoms with Crippen molar-refractivity contribution < 1.29 is 18.9 Å². The van der Waals surface area contributed by atoms with Gasteiger partial charge in [0.25, 0.3) is 0 Å². The van der Waals surface area contributed by atoms with Crippen LogP contribution in [0.5, 0.6) is 0 Å². The second kappa shape index (κ2) is 16.7. The summed E-state index contributed by atoms with van der Waals surface area (Å²) in [6.45, 7) is 12.3. The Labute approximate surface area is 226 Å². The molecule has 0 aliphatic carbocycles. The Morgan fingerprint density at radius 3 is 2.11 bits per heavy atom. The zero-order chi connectivity index (χ0) is 25.6. The van der Waals surface area contributed by atoms with Gasteiger partial charge in [-0.25, -0.2) is 0 Å². The van der Waals surface area contributed by atoms with Crippen molar-refractivity contribution in [2.45, 2.75) is 45.1 Å². The lowest BCUT2D eigenvalue weighted by Gasteiger charge is -2.19. The van der Waals surface area contributed by atoms with E-state index in [1.54, 1.807) is 0 Å². The molecule has 1 unspecified atom stereocenters. The van der Waals surface area contributed by atoms with Crippen molar-refractivity contribution in [3.05, 3.63) is 29.8 Å². The second-order valence-electron chi connectivity index (χ2n) is 9.70. The van der Waals surface area contributed by atoms with Crippen LogP contribution in [0, 0.1) is 0 Å². The van der Waals surface area contributed by atoms with E-state index in [2.05, 4.69) is 70.6 Å². The summed E-state index contributed by atoms with van der Waals surface area (Å²) in [5.74, 6) is 1.66. The first-order valence-electron chi connectivity index (χ1n) is 12.9. The minimum Gasteiger partial charge on any atom is -0.378 e. The summed E-state index contributed by atoms with van der Waals surface area (Å²) in [5.41, 5.74) is 7.66. The first kappa shape index (κ1) is 31.1. The molecule has 1 aromatic carbocycles. The highest BCUT2D eigenvalue weighted by molar-refractivity contribution is 5.85. The predicted molar refractivity (Wildman–Crippen MR) is 149 cm³/mol. The second-order valence-corrected chi connectivity index (χ2v) is 9.70. The fourth-order valence-corrected chi connectivity index (χ4v) is 3.65. The highest BCUT2D eigenvalue weighted by Gasteiger charge is 2.17. The van der Waals surface area contributed by atoms with Gasteiger partial charge in [-0.05, 0) is 23.8 Å². The molecule has 0 spiro atoms. The van der Waals surface area contributed by atoms with Gasteiger partial charge in [-0.1, -0.05) is 45.0 Å². The van der Waals surface area contributed by atoms with Crippen molar-refractivity contribution >= 4 is 24.3 Å². The Kier molecular flexibility index (Phi) is 14.1. The average molecular weight is 539 g/mol. The smallest absolute Gasteiger partial charge is 0.228 e. The molecule has 1 fully saturated rings. The quantitative estimate of drug-likeness (QED) is 0.274. The number of ether oxygens (including phenoxy) is 4. The molecule has 0 saturated carbocycles. The number of halogens is 1. The zero-order valence-electron chi connectivity index (χ0n) is 22.3. The summed E-state index contributed by atoms with van der Waals surface area (Å²) in [7, 11) is 0. The summed E-state index contributed by atoms with van der Waals surface area (Å²) < 4.78 is 22.1. The monoisotopic (exact) mass is 538 g/mol. The number of nitrogens with one attached hydrogen (secondary N) is 2. The van der Waals surface area contributed by atoms with E-state index >= 15 is 0 Å². The van der Waals surface area contributed by atoms with Crippen LogP contribution < -0.4 is 16.4 Å². The molecule has 1 atom stereocenters. The van der Waals surface area contributed by atoms with Crippen LogP contribution >= 0.6 is 12.4 Å². The van der Waals surface area contributed by atoms with Crippen molar-refractivity contribution in [3.8, 4) is 11.4 Å². The first-order valence-corrected chi connectivity index (χ1v) is 12.9. The molecular weight excluding hydrogens is 496 g/mol. The van der Waals surface area contributed by atoms with Crippen LogP contribution in [0.25, 0.3) is 11.4 Å². The van der Waals surface area contributed by atoms with Crippen LogP contribution in [-0.2, 0) is 24.4 Å². The third-order valence-electron chi connectivity index (χ3n) is 5.69. The number of hydrogen-bond acceptors (Lipinski definition) is 10. The Bertz CT molecular complexity index is 892. The highest BCUT2D eigenvalue weighted by Crippen LogP contribution is 2.25. The van der Waals surface area contributed by atoms with E-state index in [0.29, 0.717) is 77.0 Å². The van der Waals surface area contributed by atoms with Gasteiger partial charge < -0.3 is 35.3 Å². The van der Waals surface area contributed by atoms with Gasteiger partial charge in [0.05, 0.1) is 45.7 Å². The molecule has 11 heteroatoms. The van der Waals surface area contributed by atoms with E-state index in [1.165, 1.54) is 5.56 Å². The number of rotatable bonds is 16. The normalized spacial score (nSPS) is 15.4. The molecule has 3 rings (SSSR count). The lowest BCUT2D eigenvalue weighted by atomic mass is 9.87. The van der Waals surface area contributed by atoms with Gasteiger partial charge in [-0.3, -0.25) is 0 Å². The highest BCUT2D eigenvalue weighted by atomic mass is 35.5. The van der Waals surface area contributed by atoms with Crippen molar-refractivity contribution in [2.75, 3.05) is 76.5 Å². The number of anilines is 2. The van der Waals surface area contributed by atoms with Gasteiger partial charge in [-0.15, -0.1) is 12.4 Å². The fraction of sp³-hybridized carbons (Fsp3) is 0.654. The van der Waals surface area contributed by atoms with Crippen molar-refractivity contribution in [1.29, 1.82) is 0 Å². The van der Waals surface area contributed by atoms with Crippen LogP contribution in [0.2, 0.25) is 0 Å². The molecule has 1 aromatic heterocycles.